The number of rotatable bonds is 3. The van der Waals surface area contributed by atoms with Gasteiger partial charge in [0, 0.05) is 25.2 Å². The Labute approximate surface area is 144 Å². The number of oxazole rings is 1. The first-order chi connectivity index (χ1) is 11.7. The molecule has 1 aromatic carbocycles. The molecule has 0 saturated carbocycles. The summed E-state index contributed by atoms with van der Waals surface area (Å²) >= 11 is 0. The van der Waals surface area contributed by atoms with Crippen LogP contribution in [0, 0.1) is 0 Å². The number of hydrogen-bond donors (Lipinski definition) is 1. The molecule has 0 aliphatic heterocycles. The molecule has 0 atom stereocenters. The van der Waals surface area contributed by atoms with Crippen molar-refractivity contribution in [1.29, 1.82) is 0 Å². The van der Waals surface area contributed by atoms with Gasteiger partial charge in [0.15, 0.2) is 5.89 Å². The molecule has 2 heterocycles. The number of aromatic nitrogens is 3. The van der Waals surface area contributed by atoms with Crippen molar-refractivity contribution < 1.29 is 4.42 Å². The van der Waals surface area contributed by atoms with Crippen LogP contribution in [-0.4, -0.2) is 14.1 Å². The van der Waals surface area contributed by atoms with Gasteiger partial charge in [0.2, 0.25) is 0 Å². The van der Waals surface area contributed by atoms with Gasteiger partial charge in [-0.3, -0.25) is 13.9 Å². The van der Waals surface area contributed by atoms with E-state index in [1.165, 1.54) is 11.6 Å². The van der Waals surface area contributed by atoms with E-state index in [9.17, 15) is 9.59 Å². The minimum Gasteiger partial charge on any atom is -0.448 e. The van der Waals surface area contributed by atoms with Gasteiger partial charge in [-0.2, -0.15) is 0 Å². The summed E-state index contributed by atoms with van der Waals surface area (Å²) in [5.41, 5.74) is 1.41. The van der Waals surface area contributed by atoms with Crippen molar-refractivity contribution in [3.8, 4) is 0 Å². The summed E-state index contributed by atoms with van der Waals surface area (Å²) in [4.78, 5) is 28.7. The molecule has 2 aromatic heterocycles. The van der Waals surface area contributed by atoms with Crippen LogP contribution in [0.5, 0.6) is 0 Å². The van der Waals surface area contributed by atoms with Gasteiger partial charge < -0.3 is 9.73 Å². The van der Waals surface area contributed by atoms with Gasteiger partial charge in [-0.1, -0.05) is 20.8 Å². The van der Waals surface area contributed by atoms with Crippen molar-refractivity contribution >= 4 is 16.6 Å². The average Bonchev–Trinajstić information content (AvgIpc) is 3.05. The van der Waals surface area contributed by atoms with E-state index in [1.54, 1.807) is 25.4 Å². The molecule has 0 amide bonds. The number of nitrogens with zero attached hydrogens (tertiary/aromatic N) is 3. The number of aryl methyl sites for hydroxylation is 1. The predicted molar refractivity (Wildman–Crippen MR) is 97.0 cm³/mol. The minimum atomic E-state index is -0.346. The SMILES string of the molecule is Cn1c(=O)c2ccc(NCc3coc(C(C)(C)C)n3)cc2n(C)c1=O. The van der Waals surface area contributed by atoms with E-state index in [0.29, 0.717) is 23.3 Å². The van der Waals surface area contributed by atoms with Crippen LogP contribution in [0.4, 0.5) is 5.69 Å². The van der Waals surface area contributed by atoms with Gasteiger partial charge in [-0.15, -0.1) is 0 Å². The first-order valence-corrected chi connectivity index (χ1v) is 8.07. The van der Waals surface area contributed by atoms with Crippen molar-refractivity contribution in [1.82, 2.24) is 14.1 Å². The summed E-state index contributed by atoms with van der Waals surface area (Å²) in [5, 5.41) is 3.76. The molecule has 7 nitrogen and oxygen atoms in total. The molecular weight excluding hydrogens is 320 g/mol. The summed E-state index contributed by atoms with van der Waals surface area (Å²) in [6.45, 7) is 6.62. The van der Waals surface area contributed by atoms with Crippen molar-refractivity contribution in [2.24, 2.45) is 14.1 Å². The molecule has 0 aliphatic rings. The van der Waals surface area contributed by atoms with Crippen LogP contribution in [0.2, 0.25) is 0 Å². The van der Waals surface area contributed by atoms with Crippen LogP contribution in [-0.2, 0) is 26.1 Å². The van der Waals surface area contributed by atoms with Crippen molar-refractivity contribution in [2.45, 2.75) is 32.7 Å². The molecule has 3 aromatic rings. The second kappa shape index (κ2) is 5.91. The molecule has 25 heavy (non-hydrogen) atoms. The highest BCUT2D eigenvalue weighted by Crippen LogP contribution is 2.22. The molecule has 0 unspecified atom stereocenters. The second-order valence-electron chi connectivity index (χ2n) is 7.19. The molecule has 0 radical (unpaired) electrons. The topological polar surface area (TPSA) is 82.1 Å². The zero-order valence-corrected chi connectivity index (χ0v) is 15.1. The molecule has 3 rings (SSSR count). The number of nitrogens with one attached hydrogen (secondary N) is 1. The Kier molecular flexibility index (Phi) is 4.02. The van der Waals surface area contributed by atoms with Crippen molar-refractivity contribution in [2.75, 3.05) is 5.32 Å². The fourth-order valence-corrected chi connectivity index (χ4v) is 2.62. The third-order valence-electron chi connectivity index (χ3n) is 4.13. The maximum absolute atomic E-state index is 12.2. The normalized spacial score (nSPS) is 11.9. The van der Waals surface area contributed by atoms with Crippen LogP contribution in [0.3, 0.4) is 0 Å². The Morgan fingerprint density at radius 2 is 1.88 bits per heavy atom. The van der Waals surface area contributed by atoms with Gasteiger partial charge in [-0.05, 0) is 18.2 Å². The Hall–Kier alpha value is -2.83. The molecule has 132 valence electrons. The first-order valence-electron chi connectivity index (χ1n) is 8.07. The lowest BCUT2D eigenvalue weighted by atomic mass is 9.97. The van der Waals surface area contributed by atoms with Crippen molar-refractivity contribution in [3.05, 3.63) is 56.9 Å². The number of fused-ring (bicyclic) bond motifs is 1. The monoisotopic (exact) mass is 342 g/mol. The molecule has 0 aliphatic carbocycles. The van der Waals surface area contributed by atoms with Gasteiger partial charge >= 0.3 is 5.69 Å². The summed E-state index contributed by atoms with van der Waals surface area (Å²) in [5.74, 6) is 0.689. The lowest BCUT2D eigenvalue weighted by Gasteiger charge is -2.12. The van der Waals surface area contributed by atoms with E-state index in [-0.39, 0.29) is 16.7 Å². The Balaban J connectivity index is 1.89. The number of hydrogen-bond acceptors (Lipinski definition) is 5. The number of benzene rings is 1. The summed E-state index contributed by atoms with van der Waals surface area (Å²) in [6.07, 6.45) is 1.64. The van der Waals surface area contributed by atoms with Crippen LogP contribution < -0.4 is 16.6 Å². The fraction of sp³-hybridized carbons (Fsp3) is 0.389. The average molecular weight is 342 g/mol. The zero-order valence-electron chi connectivity index (χ0n) is 15.1. The lowest BCUT2D eigenvalue weighted by molar-refractivity contribution is 0.392. The van der Waals surface area contributed by atoms with Crippen LogP contribution >= 0.6 is 0 Å². The van der Waals surface area contributed by atoms with E-state index in [0.717, 1.165) is 15.9 Å². The smallest absolute Gasteiger partial charge is 0.330 e. The second-order valence-corrected chi connectivity index (χ2v) is 7.19. The summed E-state index contributed by atoms with van der Waals surface area (Å²) in [6, 6.07) is 5.34. The van der Waals surface area contributed by atoms with Crippen molar-refractivity contribution in [3.63, 3.8) is 0 Å². The molecule has 1 N–H and O–H groups in total. The first kappa shape index (κ1) is 17.0. The highest BCUT2D eigenvalue weighted by molar-refractivity contribution is 5.81. The standard InChI is InChI=1S/C18H22N4O3/c1-18(2,3)16-20-12(10-25-16)9-19-11-6-7-13-14(8-11)21(4)17(24)22(5)15(13)23/h6-8,10,19H,9H2,1-5H3. The van der Waals surface area contributed by atoms with Gasteiger partial charge in [0.1, 0.15) is 6.26 Å². The third kappa shape index (κ3) is 3.09. The van der Waals surface area contributed by atoms with Gasteiger partial charge in [0.25, 0.3) is 5.56 Å². The van der Waals surface area contributed by atoms with Crippen LogP contribution in [0.15, 0.2) is 38.5 Å². The summed E-state index contributed by atoms with van der Waals surface area (Å²) in [7, 11) is 3.13. The largest absolute Gasteiger partial charge is 0.448 e. The molecule has 0 spiro atoms. The Bertz CT molecular complexity index is 1050. The predicted octanol–water partition coefficient (Wildman–Crippen LogP) is 2.13. The molecule has 0 fully saturated rings. The highest BCUT2D eigenvalue weighted by atomic mass is 16.3. The maximum atomic E-state index is 12.2. The van der Waals surface area contributed by atoms with E-state index in [2.05, 4.69) is 10.3 Å². The highest BCUT2D eigenvalue weighted by Gasteiger charge is 2.20. The quantitative estimate of drug-likeness (QED) is 0.788. The Morgan fingerprint density at radius 1 is 1.16 bits per heavy atom. The van der Waals surface area contributed by atoms with Gasteiger partial charge in [-0.25, -0.2) is 9.78 Å². The third-order valence-corrected chi connectivity index (χ3v) is 4.13. The van der Waals surface area contributed by atoms with Crippen LogP contribution in [0.25, 0.3) is 10.9 Å². The van der Waals surface area contributed by atoms with E-state index < -0.39 is 0 Å². The molecule has 0 saturated heterocycles. The maximum Gasteiger partial charge on any atom is 0.330 e. The van der Waals surface area contributed by atoms with E-state index in [4.69, 9.17) is 4.42 Å². The van der Waals surface area contributed by atoms with Gasteiger partial charge in [0.05, 0.1) is 23.1 Å². The summed E-state index contributed by atoms with van der Waals surface area (Å²) < 4.78 is 8.09. The molecular formula is C18H22N4O3. The van der Waals surface area contributed by atoms with Crippen LogP contribution in [0.1, 0.15) is 32.4 Å². The number of anilines is 1. The zero-order chi connectivity index (χ0) is 18.4. The molecule has 0 bridgehead atoms. The molecule has 7 heteroatoms. The lowest BCUT2D eigenvalue weighted by Crippen LogP contribution is -2.36. The van der Waals surface area contributed by atoms with E-state index >= 15 is 0 Å². The van der Waals surface area contributed by atoms with E-state index in [1.807, 2.05) is 26.8 Å². The Morgan fingerprint density at radius 3 is 2.52 bits per heavy atom. The minimum absolute atomic E-state index is 0.139. The fourth-order valence-electron chi connectivity index (χ4n) is 2.62.